The van der Waals surface area contributed by atoms with Gasteiger partial charge < -0.3 is 10.6 Å². The van der Waals surface area contributed by atoms with E-state index in [1.54, 1.807) is 7.05 Å². The van der Waals surface area contributed by atoms with E-state index in [0.717, 1.165) is 17.8 Å². The van der Waals surface area contributed by atoms with Crippen LogP contribution in [0, 0.1) is 20.8 Å². The highest BCUT2D eigenvalue weighted by Crippen LogP contribution is 2.18. The molecule has 1 amide bonds. The Hall–Kier alpha value is -2.29. The first-order valence-electron chi connectivity index (χ1n) is 7.14. The van der Waals surface area contributed by atoms with Gasteiger partial charge in [-0.2, -0.15) is 0 Å². The van der Waals surface area contributed by atoms with Crippen molar-refractivity contribution in [2.45, 2.75) is 27.3 Å². The average molecular weight is 282 g/mol. The number of aryl methyl sites for hydroxylation is 3. The van der Waals surface area contributed by atoms with Crippen LogP contribution in [0.5, 0.6) is 0 Å². The number of anilines is 1. The molecular formula is C18H22N2O. The van der Waals surface area contributed by atoms with Crippen molar-refractivity contribution in [3.05, 3.63) is 64.2 Å². The van der Waals surface area contributed by atoms with Crippen molar-refractivity contribution in [2.75, 3.05) is 12.4 Å². The Kier molecular flexibility index (Phi) is 4.63. The predicted molar refractivity (Wildman–Crippen MR) is 87.8 cm³/mol. The van der Waals surface area contributed by atoms with Crippen molar-refractivity contribution in [2.24, 2.45) is 0 Å². The standard InChI is InChI=1S/C18H22N2O/c1-12-5-6-15(9-13(12)2)11-20-17-8-7-16(10-14(17)3)18(21)19-4/h5-10,20H,11H2,1-4H3,(H,19,21). The molecule has 0 atom stereocenters. The van der Waals surface area contributed by atoms with Crippen LogP contribution in [0.2, 0.25) is 0 Å². The topological polar surface area (TPSA) is 41.1 Å². The zero-order chi connectivity index (χ0) is 15.4. The Morgan fingerprint density at radius 2 is 1.71 bits per heavy atom. The fourth-order valence-corrected chi connectivity index (χ4v) is 2.26. The molecule has 0 aliphatic carbocycles. The number of hydrogen-bond acceptors (Lipinski definition) is 2. The summed E-state index contributed by atoms with van der Waals surface area (Å²) < 4.78 is 0. The first-order valence-corrected chi connectivity index (χ1v) is 7.14. The van der Waals surface area contributed by atoms with Gasteiger partial charge in [-0.3, -0.25) is 4.79 Å². The highest BCUT2D eigenvalue weighted by atomic mass is 16.1. The fraction of sp³-hybridized carbons (Fsp3) is 0.278. The number of carbonyl (C=O) groups excluding carboxylic acids is 1. The molecule has 3 heteroatoms. The maximum Gasteiger partial charge on any atom is 0.251 e. The van der Waals surface area contributed by atoms with E-state index in [4.69, 9.17) is 0 Å². The lowest BCUT2D eigenvalue weighted by atomic mass is 10.1. The van der Waals surface area contributed by atoms with Gasteiger partial charge in [0.15, 0.2) is 0 Å². The third-order valence-electron chi connectivity index (χ3n) is 3.77. The van der Waals surface area contributed by atoms with Crippen molar-refractivity contribution in [3.8, 4) is 0 Å². The van der Waals surface area contributed by atoms with Gasteiger partial charge in [0.05, 0.1) is 0 Å². The molecule has 0 spiro atoms. The van der Waals surface area contributed by atoms with Crippen LogP contribution in [0.15, 0.2) is 36.4 Å². The zero-order valence-corrected chi connectivity index (χ0v) is 13.1. The maximum absolute atomic E-state index is 11.6. The number of rotatable bonds is 4. The molecule has 0 fully saturated rings. The summed E-state index contributed by atoms with van der Waals surface area (Å²) in [6, 6.07) is 12.2. The summed E-state index contributed by atoms with van der Waals surface area (Å²) >= 11 is 0. The molecule has 0 saturated carbocycles. The van der Waals surface area contributed by atoms with Crippen LogP contribution < -0.4 is 10.6 Å². The van der Waals surface area contributed by atoms with Crippen LogP contribution in [-0.4, -0.2) is 13.0 Å². The van der Waals surface area contributed by atoms with E-state index >= 15 is 0 Å². The van der Waals surface area contributed by atoms with Crippen molar-refractivity contribution >= 4 is 11.6 Å². The molecule has 0 heterocycles. The van der Waals surface area contributed by atoms with E-state index in [1.165, 1.54) is 16.7 Å². The Morgan fingerprint density at radius 3 is 2.33 bits per heavy atom. The molecule has 3 nitrogen and oxygen atoms in total. The molecular weight excluding hydrogens is 260 g/mol. The Bertz CT molecular complexity index is 662. The van der Waals surface area contributed by atoms with Crippen molar-refractivity contribution in [3.63, 3.8) is 0 Å². The number of amides is 1. The molecule has 0 unspecified atom stereocenters. The second-order valence-corrected chi connectivity index (χ2v) is 5.38. The van der Waals surface area contributed by atoms with Gasteiger partial charge in [-0.1, -0.05) is 18.2 Å². The van der Waals surface area contributed by atoms with E-state index in [0.29, 0.717) is 5.56 Å². The predicted octanol–water partition coefficient (Wildman–Crippen LogP) is 3.58. The zero-order valence-electron chi connectivity index (χ0n) is 13.1. The molecule has 2 aromatic rings. The Labute approximate surface area is 126 Å². The van der Waals surface area contributed by atoms with Gasteiger partial charge in [-0.05, 0) is 61.2 Å². The first-order chi connectivity index (χ1) is 10.0. The van der Waals surface area contributed by atoms with Crippen LogP contribution in [0.3, 0.4) is 0 Å². The summed E-state index contributed by atoms with van der Waals surface area (Å²) in [4.78, 5) is 11.6. The summed E-state index contributed by atoms with van der Waals surface area (Å²) in [6.45, 7) is 7.03. The molecule has 21 heavy (non-hydrogen) atoms. The summed E-state index contributed by atoms with van der Waals surface area (Å²) in [5.41, 5.74) is 6.69. The van der Waals surface area contributed by atoms with Crippen LogP contribution in [-0.2, 0) is 6.54 Å². The average Bonchev–Trinajstić information content (AvgIpc) is 2.48. The number of carbonyl (C=O) groups is 1. The van der Waals surface area contributed by atoms with E-state index < -0.39 is 0 Å². The highest BCUT2D eigenvalue weighted by molar-refractivity contribution is 5.94. The molecule has 110 valence electrons. The molecule has 0 radical (unpaired) electrons. The lowest BCUT2D eigenvalue weighted by Crippen LogP contribution is -2.17. The monoisotopic (exact) mass is 282 g/mol. The van der Waals surface area contributed by atoms with Gasteiger partial charge in [0.25, 0.3) is 5.91 Å². The van der Waals surface area contributed by atoms with Gasteiger partial charge in [0, 0.05) is 24.8 Å². The number of hydrogen-bond donors (Lipinski definition) is 2. The van der Waals surface area contributed by atoms with Crippen LogP contribution in [0.25, 0.3) is 0 Å². The van der Waals surface area contributed by atoms with Gasteiger partial charge in [-0.15, -0.1) is 0 Å². The number of nitrogens with one attached hydrogen (secondary N) is 2. The summed E-state index contributed by atoms with van der Waals surface area (Å²) in [5.74, 6) is -0.0567. The van der Waals surface area contributed by atoms with Crippen molar-refractivity contribution in [1.29, 1.82) is 0 Å². The minimum absolute atomic E-state index is 0.0567. The quantitative estimate of drug-likeness (QED) is 0.900. The third-order valence-corrected chi connectivity index (χ3v) is 3.77. The van der Waals surface area contributed by atoms with Crippen LogP contribution >= 0.6 is 0 Å². The second kappa shape index (κ2) is 6.44. The fourth-order valence-electron chi connectivity index (χ4n) is 2.26. The normalized spacial score (nSPS) is 10.3. The third kappa shape index (κ3) is 3.63. The van der Waals surface area contributed by atoms with E-state index in [1.807, 2.05) is 25.1 Å². The summed E-state index contributed by atoms with van der Waals surface area (Å²) in [5, 5.41) is 6.07. The summed E-state index contributed by atoms with van der Waals surface area (Å²) in [6.07, 6.45) is 0. The minimum atomic E-state index is -0.0567. The summed E-state index contributed by atoms with van der Waals surface area (Å²) in [7, 11) is 1.64. The lowest BCUT2D eigenvalue weighted by molar-refractivity contribution is 0.0963. The van der Waals surface area contributed by atoms with Crippen LogP contribution in [0.4, 0.5) is 5.69 Å². The molecule has 0 aliphatic heterocycles. The molecule has 0 aromatic heterocycles. The largest absolute Gasteiger partial charge is 0.381 e. The minimum Gasteiger partial charge on any atom is -0.381 e. The molecule has 0 saturated heterocycles. The smallest absolute Gasteiger partial charge is 0.251 e. The molecule has 0 aliphatic rings. The van der Waals surface area contributed by atoms with Gasteiger partial charge >= 0.3 is 0 Å². The van der Waals surface area contributed by atoms with E-state index in [2.05, 4.69) is 42.7 Å². The van der Waals surface area contributed by atoms with E-state index in [9.17, 15) is 4.79 Å². The molecule has 0 bridgehead atoms. The van der Waals surface area contributed by atoms with Crippen molar-refractivity contribution < 1.29 is 4.79 Å². The highest BCUT2D eigenvalue weighted by Gasteiger charge is 2.06. The Balaban J connectivity index is 2.09. The molecule has 2 N–H and O–H groups in total. The van der Waals surface area contributed by atoms with E-state index in [-0.39, 0.29) is 5.91 Å². The van der Waals surface area contributed by atoms with Crippen LogP contribution in [0.1, 0.15) is 32.6 Å². The van der Waals surface area contributed by atoms with Gasteiger partial charge in [-0.25, -0.2) is 0 Å². The number of benzene rings is 2. The molecule has 2 aromatic carbocycles. The molecule has 2 rings (SSSR count). The Morgan fingerprint density at radius 1 is 0.952 bits per heavy atom. The lowest BCUT2D eigenvalue weighted by Gasteiger charge is -2.12. The maximum atomic E-state index is 11.6. The van der Waals surface area contributed by atoms with Gasteiger partial charge in [0.2, 0.25) is 0 Å². The van der Waals surface area contributed by atoms with Gasteiger partial charge in [0.1, 0.15) is 0 Å². The second-order valence-electron chi connectivity index (χ2n) is 5.38. The SMILES string of the molecule is CNC(=O)c1ccc(NCc2ccc(C)c(C)c2)c(C)c1. The van der Waals surface area contributed by atoms with Crippen molar-refractivity contribution in [1.82, 2.24) is 5.32 Å². The first kappa shape index (κ1) is 15.1.